The molecule has 0 saturated heterocycles. The maximum atomic E-state index is 12.0. The second-order valence-corrected chi connectivity index (χ2v) is 8.70. The van der Waals surface area contributed by atoms with Gasteiger partial charge in [-0.1, -0.05) is 84.0 Å². The minimum absolute atomic E-state index is 0.0700. The van der Waals surface area contributed by atoms with Gasteiger partial charge in [-0.2, -0.15) is 0 Å². The van der Waals surface area contributed by atoms with Crippen LogP contribution in [0.2, 0.25) is 0 Å². The van der Waals surface area contributed by atoms with Crippen molar-refractivity contribution in [3.05, 3.63) is 0 Å². The normalized spacial score (nSPS) is 24.8. The Morgan fingerprint density at radius 3 is 1.80 bits per heavy atom. The Hall–Kier alpha value is -0.530. The van der Waals surface area contributed by atoms with Gasteiger partial charge in [0.2, 0.25) is 0 Å². The van der Waals surface area contributed by atoms with E-state index in [9.17, 15) is 4.79 Å². The summed E-state index contributed by atoms with van der Waals surface area (Å²) in [7, 11) is 0. The molecule has 2 nitrogen and oxygen atoms in total. The molecule has 0 aromatic carbocycles. The number of carbonyl (C=O) groups excluding carboxylic acids is 1. The highest BCUT2D eigenvalue weighted by Gasteiger charge is 2.41. The highest BCUT2D eigenvalue weighted by Crippen LogP contribution is 2.45. The lowest BCUT2D eigenvalue weighted by molar-refractivity contribution is -0.151. The Morgan fingerprint density at radius 2 is 1.32 bits per heavy atom. The van der Waals surface area contributed by atoms with Gasteiger partial charge in [-0.05, 0) is 43.9 Å². The highest BCUT2D eigenvalue weighted by atomic mass is 16.5. The first-order valence-electron chi connectivity index (χ1n) is 11.5. The van der Waals surface area contributed by atoms with Crippen molar-refractivity contribution in [2.45, 2.75) is 129 Å². The molecular weight excluding hydrogens is 308 g/mol. The minimum Gasteiger partial charge on any atom is -0.462 e. The highest BCUT2D eigenvalue weighted by molar-refractivity contribution is 5.69. The van der Waals surface area contributed by atoms with Gasteiger partial charge in [0.25, 0.3) is 0 Å². The molecule has 2 heteroatoms. The third-order valence-corrected chi connectivity index (χ3v) is 6.44. The van der Waals surface area contributed by atoms with E-state index >= 15 is 0 Å². The van der Waals surface area contributed by atoms with Gasteiger partial charge in [0.15, 0.2) is 0 Å². The standard InChI is InChI=1S/C23H42O2/c1-2-3-4-5-6-7-8-9-10-11-12-13-14-15-23(24)25-22-19-20-16-17-21(22)18-20/h20-22H,2-19H2,1H3. The van der Waals surface area contributed by atoms with Crippen molar-refractivity contribution in [2.24, 2.45) is 11.8 Å². The van der Waals surface area contributed by atoms with Gasteiger partial charge < -0.3 is 4.74 Å². The lowest BCUT2D eigenvalue weighted by Gasteiger charge is -2.21. The van der Waals surface area contributed by atoms with Gasteiger partial charge in [-0.3, -0.25) is 4.79 Å². The average Bonchev–Trinajstić information content (AvgIpc) is 3.22. The van der Waals surface area contributed by atoms with Crippen molar-refractivity contribution in [1.82, 2.24) is 0 Å². The zero-order valence-electron chi connectivity index (χ0n) is 16.8. The van der Waals surface area contributed by atoms with Crippen molar-refractivity contribution >= 4 is 5.97 Å². The molecule has 2 aliphatic carbocycles. The summed E-state index contributed by atoms with van der Waals surface area (Å²) in [4.78, 5) is 12.0. The van der Waals surface area contributed by atoms with Gasteiger partial charge in [0.05, 0.1) is 0 Å². The van der Waals surface area contributed by atoms with E-state index in [-0.39, 0.29) is 12.1 Å². The minimum atomic E-state index is 0.0700. The number of rotatable bonds is 15. The molecule has 0 spiro atoms. The molecule has 2 fully saturated rings. The van der Waals surface area contributed by atoms with Crippen LogP contribution in [-0.2, 0) is 9.53 Å². The fraction of sp³-hybridized carbons (Fsp3) is 0.957. The fourth-order valence-corrected chi connectivity index (χ4v) is 4.85. The first-order valence-corrected chi connectivity index (χ1v) is 11.5. The van der Waals surface area contributed by atoms with Crippen LogP contribution in [0.5, 0.6) is 0 Å². The number of hydrogen-bond donors (Lipinski definition) is 0. The van der Waals surface area contributed by atoms with Gasteiger partial charge in [-0.15, -0.1) is 0 Å². The third kappa shape index (κ3) is 8.60. The maximum absolute atomic E-state index is 12.0. The number of hydrogen-bond acceptors (Lipinski definition) is 2. The first kappa shape index (κ1) is 20.8. The summed E-state index contributed by atoms with van der Waals surface area (Å²) in [5.41, 5.74) is 0. The third-order valence-electron chi connectivity index (χ3n) is 6.44. The largest absolute Gasteiger partial charge is 0.462 e. The van der Waals surface area contributed by atoms with Gasteiger partial charge in [0, 0.05) is 6.42 Å². The van der Waals surface area contributed by atoms with Crippen LogP contribution in [0, 0.1) is 11.8 Å². The first-order chi connectivity index (χ1) is 12.3. The molecule has 0 aromatic heterocycles. The SMILES string of the molecule is CCCCCCCCCCCCCCCC(=O)OC1CC2CCC1C2. The fourth-order valence-electron chi connectivity index (χ4n) is 4.85. The Labute approximate surface area is 156 Å². The van der Waals surface area contributed by atoms with E-state index in [1.54, 1.807) is 0 Å². The van der Waals surface area contributed by atoms with Crippen LogP contribution >= 0.6 is 0 Å². The van der Waals surface area contributed by atoms with E-state index in [1.807, 2.05) is 0 Å². The van der Waals surface area contributed by atoms with Crippen molar-refractivity contribution in [3.8, 4) is 0 Å². The van der Waals surface area contributed by atoms with E-state index in [0.717, 1.165) is 18.8 Å². The summed E-state index contributed by atoms with van der Waals surface area (Å²) in [6, 6.07) is 0. The summed E-state index contributed by atoms with van der Waals surface area (Å²) in [6.45, 7) is 2.28. The van der Waals surface area contributed by atoms with Crippen LogP contribution in [-0.4, -0.2) is 12.1 Å². The predicted octanol–water partition coefficient (Wildman–Crippen LogP) is 7.20. The average molecular weight is 351 g/mol. The molecule has 3 unspecified atom stereocenters. The molecule has 146 valence electrons. The molecule has 0 heterocycles. The van der Waals surface area contributed by atoms with Crippen molar-refractivity contribution in [2.75, 3.05) is 0 Å². The summed E-state index contributed by atoms with van der Waals surface area (Å²) < 4.78 is 5.71. The van der Waals surface area contributed by atoms with E-state index < -0.39 is 0 Å². The maximum Gasteiger partial charge on any atom is 0.306 e. The van der Waals surface area contributed by atoms with E-state index in [1.165, 1.54) is 96.3 Å². The van der Waals surface area contributed by atoms with Crippen LogP contribution in [0.4, 0.5) is 0 Å². The number of fused-ring (bicyclic) bond motifs is 2. The van der Waals surface area contributed by atoms with Crippen molar-refractivity contribution in [1.29, 1.82) is 0 Å². The lowest BCUT2D eigenvalue weighted by atomic mass is 9.98. The van der Waals surface area contributed by atoms with Crippen LogP contribution in [0.3, 0.4) is 0 Å². The molecule has 0 aliphatic heterocycles. The number of carbonyl (C=O) groups is 1. The molecule has 2 saturated carbocycles. The molecule has 0 radical (unpaired) electrons. The molecule has 0 amide bonds. The number of ether oxygens (including phenoxy) is 1. The Morgan fingerprint density at radius 1 is 0.760 bits per heavy atom. The second kappa shape index (κ2) is 12.8. The van der Waals surface area contributed by atoms with Crippen LogP contribution in [0.25, 0.3) is 0 Å². The summed E-state index contributed by atoms with van der Waals surface area (Å²) in [5, 5.41) is 0. The molecule has 25 heavy (non-hydrogen) atoms. The second-order valence-electron chi connectivity index (χ2n) is 8.70. The summed E-state index contributed by atoms with van der Waals surface area (Å²) in [5.74, 6) is 1.63. The van der Waals surface area contributed by atoms with Gasteiger partial charge in [-0.25, -0.2) is 0 Å². The molecule has 2 aliphatic rings. The number of unbranched alkanes of at least 4 members (excludes halogenated alkanes) is 12. The summed E-state index contributed by atoms with van der Waals surface area (Å²) in [6.07, 6.45) is 23.6. The molecule has 0 aromatic rings. The van der Waals surface area contributed by atoms with E-state index in [0.29, 0.717) is 12.3 Å². The molecular formula is C23H42O2. The van der Waals surface area contributed by atoms with Crippen LogP contribution in [0.15, 0.2) is 0 Å². The van der Waals surface area contributed by atoms with Crippen molar-refractivity contribution < 1.29 is 9.53 Å². The summed E-state index contributed by atoms with van der Waals surface area (Å²) >= 11 is 0. The predicted molar refractivity (Wildman–Crippen MR) is 106 cm³/mol. The van der Waals surface area contributed by atoms with Crippen molar-refractivity contribution in [3.63, 3.8) is 0 Å². The zero-order chi connectivity index (χ0) is 17.7. The molecule has 2 bridgehead atoms. The smallest absolute Gasteiger partial charge is 0.306 e. The van der Waals surface area contributed by atoms with Gasteiger partial charge >= 0.3 is 5.97 Å². The Bertz CT molecular complexity index is 352. The van der Waals surface area contributed by atoms with Crippen LogP contribution < -0.4 is 0 Å². The van der Waals surface area contributed by atoms with Crippen LogP contribution in [0.1, 0.15) is 122 Å². The topological polar surface area (TPSA) is 26.3 Å². The van der Waals surface area contributed by atoms with Gasteiger partial charge in [0.1, 0.15) is 6.10 Å². The molecule has 0 N–H and O–H groups in total. The quantitative estimate of drug-likeness (QED) is 0.230. The Kier molecular flexibility index (Phi) is 10.6. The lowest BCUT2D eigenvalue weighted by Crippen LogP contribution is -2.23. The molecule has 3 atom stereocenters. The molecule has 2 rings (SSSR count). The monoisotopic (exact) mass is 350 g/mol. The number of esters is 1. The zero-order valence-corrected chi connectivity index (χ0v) is 16.8. The van der Waals surface area contributed by atoms with E-state index in [4.69, 9.17) is 4.74 Å². The van der Waals surface area contributed by atoms with E-state index in [2.05, 4.69) is 6.92 Å². The Balaban J connectivity index is 1.30.